The van der Waals surface area contributed by atoms with Crippen molar-refractivity contribution in [3.8, 4) is 0 Å². The third-order valence-corrected chi connectivity index (χ3v) is 4.55. The number of amides is 1. The van der Waals surface area contributed by atoms with Crippen molar-refractivity contribution in [1.29, 1.82) is 0 Å². The van der Waals surface area contributed by atoms with Crippen LogP contribution in [0.25, 0.3) is 0 Å². The van der Waals surface area contributed by atoms with E-state index in [0.717, 1.165) is 13.1 Å². The number of carbonyl (C=O) groups is 1. The molecule has 1 atom stereocenters. The van der Waals surface area contributed by atoms with E-state index in [1.54, 1.807) is 18.2 Å². The zero-order valence-corrected chi connectivity index (χ0v) is 13.9. The molecule has 1 fully saturated rings. The number of hydrogen-bond acceptors (Lipinski definition) is 2. The first kappa shape index (κ1) is 16.6. The van der Waals surface area contributed by atoms with E-state index in [0.29, 0.717) is 15.7 Å². The number of hydrogen-bond donors (Lipinski definition) is 1. The number of anilines is 1. The van der Waals surface area contributed by atoms with Crippen LogP contribution < -0.4 is 5.32 Å². The highest BCUT2D eigenvalue weighted by molar-refractivity contribution is 6.36. The number of benzene rings is 1. The Hall–Kier alpha value is -0.770. The monoisotopic (exact) mass is 328 g/mol. The molecule has 0 aromatic heterocycles. The number of rotatable bonds is 3. The number of nitrogens with one attached hydrogen (secondary N) is 1. The molecule has 1 saturated heterocycles. The molecule has 1 amide bonds. The highest BCUT2D eigenvalue weighted by Crippen LogP contribution is 2.25. The second-order valence-corrected chi connectivity index (χ2v) is 6.44. The van der Waals surface area contributed by atoms with Gasteiger partial charge in [-0.05, 0) is 51.1 Å². The maximum Gasteiger partial charge on any atom is 0.241 e. The average Bonchev–Trinajstić information content (AvgIpc) is 2.41. The number of nitrogens with zero attached hydrogens (tertiary/aromatic N) is 1. The summed E-state index contributed by atoms with van der Waals surface area (Å²) in [4.78, 5) is 14.7. The normalized spacial score (nSPS) is 18.6. The predicted octanol–water partition coefficient (Wildman–Crippen LogP) is 4.59. The van der Waals surface area contributed by atoms with Gasteiger partial charge in [0.15, 0.2) is 0 Å². The van der Waals surface area contributed by atoms with E-state index in [2.05, 4.69) is 10.2 Å². The zero-order valence-electron chi connectivity index (χ0n) is 12.4. The molecule has 1 N–H and O–H groups in total. The van der Waals surface area contributed by atoms with Crippen molar-refractivity contribution in [3.05, 3.63) is 28.2 Å². The molecular weight excluding hydrogens is 307 g/mol. The Morgan fingerprint density at radius 1 is 1.14 bits per heavy atom. The Morgan fingerprint density at radius 2 is 1.76 bits per heavy atom. The van der Waals surface area contributed by atoms with Crippen molar-refractivity contribution in [1.82, 2.24) is 4.90 Å². The minimum absolute atomic E-state index is 0.0141. The maximum absolute atomic E-state index is 12.4. The molecule has 21 heavy (non-hydrogen) atoms. The van der Waals surface area contributed by atoms with Crippen LogP contribution in [0.4, 0.5) is 5.69 Å². The second kappa shape index (κ2) is 8.02. The average molecular weight is 329 g/mol. The number of likely N-dealkylation sites (tertiary alicyclic amines) is 1. The van der Waals surface area contributed by atoms with Crippen LogP contribution in [0.5, 0.6) is 0 Å². The van der Waals surface area contributed by atoms with Gasteiger partial charge in [-0.15, -0.1) is 0 Å². The van der Waals surface area contributed by atoms with Gasteiger partial charge in [0, 0.05) is 5.02 Å². The lowest BCUT2D eigenvalue weighted by atomic mass is 10.1. The summed E-state index contributed by atoms with van der Waals surface area (Å²) in [6.45, 7) is 3.94. The van der Waals surface area contributed by atoms with Crippen molar-refractivity contribution in [2.45, 2.75) is 45.1 Å². The quantitative estimate of drug-likeness (QED) is 0.880. The third kappa shape index (κ3) is 4.87. The predicted molar refractivity (Wildman–Crippen MR) is 89.2 cm³/mol. The van der Waals surface area contributed by atoms with Crippen molar-refractivity contribution in [2.75, 3.05) is 18.4 Å². The minimum atomic E-state index is -0.144. The fraction of sp³-hybridized carbons (Fsp3) is 0.562. The molecule has 0 unspecified atom stereocenters. The smallest absolute Gasteiger partial charge is 0.241 e. The molecule has 0 radical (unpaired) electrons. The summed E-state index contributed by atoms with van der Waals surface area (Å²) in [7, 11) is 0. The fourth-order valence-corrected chi connectivity index (χ4v) is 3.11. The zero-order chi connectivity index (χ0) is 15.2. The first-order valence-electron chi connectivity index (χ1n) is 7.58. The van der Waals surface area contributed by atoms with E-state index in [4.69, 9.17) is 23.2 Å². The number of halogens is 2. The first-order chi connectivity index (χ1) is 10.1. The summed E-state index contributed by atoms with van der Waals surface area (Å²) in [5.41, 5.74) is 0.616. The van der Waals surface area contributed by atoms with E-state index in [1.165, 1.54) is 32.1 Å². The van der Waals surface area contributed by atoms with Crippen LogP contribution in [0.3, 0.4) is 0 Å². The minimum Gasteiger partial charge on any atom is -0.323 e. The summed E-state index contributed by atoms with van der Waals surface area (Å²) in [5.74, 6) is -0.0141. The van der Waals surface area contributed by atoms with Gasteiger partial charge < -0.3 is 5.32 Å². The summed E-state index contributed by atoms with van der Waals surface area (Å²) in [6, 6.07) is 4.96. The summed E-state index contributed by atoms with van der Waals surface area (Å²) < 4.78 is 0. The molecule has 0 bridgehead atoms. The molecule has 0 aliphatic carbocycles. The molecular formula is C16H22Cl2N2O. The number of carbonyl (C=O) groups excluding carboxylic acids is 1. The summed E-state index contributed by atoms with van der Waals surface area (Å²) in [5, 5.41) is 3.93. The Labute approximate surface area is 136 Å². The van der Waals surface area contributed by atoms with E-state index in [9.17, 15) is 4.79 Å². The highest BCUT2D eigenvalue weighted by Gasteiger charge is 2.22. The van der Waals surface area contributed by atoms with Gasteiger partial charge in [0.2, 0.25) is 5.91 Å². The van der Waals surface area contributed by atoms with Gasteiger partial charge in [0.25, 0.3) is 0 Å². The molecule has 1 aliphatic heterocycles. The molecule has 3 nitrogen and oxygen atoms in total. The van der Waals surface area contributed by atoms with Gasteiger partial charge in [-0.2, -0.15) is 0 Å². The van der Waals surface area contributed by atoms with E-state index in [-0.39, 0.29) is 11.9 Å². The third-order valence-electron chi connectivity index (χ3n) is 4.01. The highest BCUT2D eigenvalue weighted by atomic mass is 35.5. The van der Waals surface area contributed by atoms with Gasteiger partial charge in [0.05, 0.1) is 16.8 Å². The summed E-state index contributed by atoms with van der Waals surface area (Å²) >= 11 is 12.0. The van der Waals surface area contributed by atoms with Crippen LogP contribution in [-0.2, 0) is 4.79 Å². The van der Waals surface area contributed by atoms with E-state index in [1.807, 2.05) is 6.92 Å². The first-order valence-corrected chi connectivity index (χ1v) is 8.33. The van der Waals surface area contributed by atoms with Crippen LogP contribution in [0.15, 0.2) is 18.2 Å². The van der Waals surface area contributed by atoms with Gasteiger partial charge in [-0.25, -0.2) is 0 Å². The molecule has 2 rings (SSSR count). The second-order valence-electron chi connectivity index (χ2n) is 5.59. The van der Waals surface area contributed by atoms with Crippen LogP contribution in [-0.4, -0.2) is 29.9 Å². The maximum atomic E-state index is 12.4. The van der Waals surface area contributed by atoms with Crippen LogP contribution in [0, 0.1) is 0 Å². The van der Waals surface area contributed by atoms with Crippen molar-refractivity contribution < 1.29 is 4.79 Å². The van der Waals surface area contributed by atoms with Crippen molar-refractivity contribution in [2.24, 2.45) is 0 Å². The molecule has 1 heterocycles. The molecule has 116 valence electrons. The van der Waals surface area contributed by atoms with Gasteiger partial charge >= 0.3 is 0 Å². The molecule has 1 aromatic rings. The lowest BCUT2D eigenvalue weighted by Crippen LogP contribution is -2.43. The lowest BCUT2D eigenvalue weighted by molar-refractivity contribution is -0.120. The van der Waals surface area contributed by atoms with E-state index < -0.39 is 0 Å². The molecule has 1 aromatic carbocycles. The SMILES string of the molecule is C[C@H](C(=O)Nc1ccc(Cl)cc1Cl)N1CCCCCCC1. The van der Waals surface area contributed by atoms with Gasteiger partial charge in [-0.1, -0.05) is 42.5 Å². The fourth-order valence-electron chi connectivity index (χ4n) is 2.65. The van der Waals surface area contributed by atoms with Gasteiger partial charge in [-0.3, -0.25) is 9.69 Å². The largest absolute Gasteiger partial charge is 0.323 e. The molecule has 0 spiro atoms. The van der Waals surface area contributed by atoms with Crippen molar-refractivity contribution >= 4 is 34.8 Å². The standard InChI is InChI=1S/C16H22Cl2N2O/c1-12(20-9-5-3-2-4-6-10-20)16(21)19-15-8-7-13(17)11-14(15)18/h7-8,11-12H,2-6,9-10H2,1H3,(H,19,21)/t12-/m1/s1. The topological polar surface area (TPSA) is 32.3 Å². The van der Waals surface area contributed by atoms with Gasteiger partial charge in [0.1, 0.15) is 0 Å². The lowest BCUT2D eigenvalue weighted by Gasteiger charge is -2.29. The Morgan fingerprint density at radius 3 is 2.38 bits per heavy atom. The molecule has 5 heteroatoms. The Bertz CT molecular complexity index is 485. The van der Waals surface area contributed by atoms with Crippen LogP contribution >= 0.6 is 23.2 Å². The van der Waals surface area contributed by atoms with Crippen LogP contribution in [0.1, 0.15) is 39.0 Å². The molecule has 1 aliphatic rings. The van der Waals surface area contributed by atoms with Crippen LogP contribution in [0.2, 0.25) is 10.0 Å². The Balaban J connectivity index is 1.97. The molecule has 0 saturated carbocycles. The van der Waals surface area contributed by atoms with E-state index >= 15 is 0 Å². The van der Waals surface area contributed by atoms with Crippen molar-refractivity contribution in [3.63, 3.8) is 0 Å². The Kier molecular flexibility index (Phi) is 6.34. The summed E-state index contributed by atoms with van der Waals surface area (Å²) in [6.07, 6.45) is 6.16.